The molecule has 2 atom stereocenters. The molecule has 0 saturated carbocycles. The van der Waals surface area contributed by atoms with Gasteiger partial charge >= 0.3 is 0 Å². The van der Waals surface area contributed by atoms with Gasteiger partial charge in [-0.25, -0.2) is 0 Å². The fourth-order valence-electron chi connectivity index (χ4n) is 2.29. The Hall–Kier alpha value is -0.570. The third-order valence-electron chi connectivity index (χ3n) is 3.07. The van der Waals surface area contributed by atoms with Crippen LogP contribution in [0, 0.1) is 0 Å². The summed E-state index contributed by atoms with van der Waals surface area (Å²) in [6.07, 6.45) is 4.51. The van der Waals surface area contributed by atoms with Crippen molar-refractivity contribution in [2.75, 3.05) is 7.05 Å². The van der Waals surface area contributed by atoms with Crippen molar-refractivity contribution in [3.05, 3.63) is 0 Å². The number of nitrogens with zero attached hydrogens (tertiary/aromatic N) is 2. The summed E-state index contributed by atoms with van der Waals surface area (Å²) in [5.74, 6) is 0. The number of piperidine rings is 1. The Balaban J connectivity index is 2.14. The van der Waals surface area contributed by atoms with Gasteiger partial charge in [0.1, 0.15) is 0 Å². The first-order valence-corrected chi connectivity index (χ1v) is 4.23. The summed E-state index contributed by atoms with van der Waals surface area (Å²) >= 11 is 0. The average molecular weight is 154 g/mol. The van der Waals surface area contributed by atoms with E-state index in [1.807, 2.05) is 0 Å². The molecule has 2 aliphatic heterocycles. The van der Waals surface area contributed by atoms with Crippen molar-refractivity contribution in [3.63, 3.8) is 0 Å². The number of hydrogen-bond acceptors (Lipinski definition) is 3. The van der Waals surface area contributed by atoms with Gasteiger partial charge in [0.25, 0.3) is 0 Å². The highest BCUT2D eigenvalue weighted by Gasteiger charge is 2.36. The van der Waals surface area contributed by atoms with Crippen molar-refractivity contribution < 1.29 is 5.21 Å². The minimum absolute atomic E-state index is 0.652. The van der Waals surface area contributed by atoms with Crippen molar-refractivity contribution in [3.8, 4) is 0 Å². The van der Waals surface area contributed by atoms with Gasteiger partial charge in [-0.1, -0.05) is 5.16 Å². The predicted molar refractivity (Wildman–Crippen MR) is 43.0 cm³/mol. The van der Waals surface area contributed by atoms with Gasteiger partial charge in [-0.05, 0) is 19.9 Å². The van der Waals surface area contributed by atoms with Gasteiger partial charge in [-0.3, -0.25) is 4.90 Å². The molecule has 3 nitrogen and oxygen atoms in total. The van der Waals surface area contributed by atoms with E-state index < -0.39 is 0 Å². The van der Waals surface area contributed by atoms with Crippen molar-refractivity contribution in [1.29, 1.82) is 0 Å². The molecule has 0 aromatic heterocycles. The molecular weight excluding hydrogens is 140 g/mol. The van der Waals surface area contributed by atoms with Crippen LogP contribution in [0.25, 0.3) is 0 Å². The van der Waals surface area contributed by atoms with E-state index in [4.69, 9.17) is 5.21 Å². The van der Waals surface area contributed by atoms with Crippen LogP contribution in [0.5, 0.6) is 0 Å². The van der Waals surface area contributed by atoms with E-state index >= 15 is 0 Å². The molecule has 0 spiro atoms. The standard InChI is InChI=1S/C8H14N2O/c1-10-7-2-3-8(10)5-6(4-7)9-11/h7-8,11H,2-5H2,1H3/t7-,8-/m1/s1. The van der Waals surface area contributed by atoms with Gasteiger partial charge in [0.2, 0.25) is 0 Å². The monoisotopic (exact) mass is 154 g/mol. The number of rotatable bonds is 0. The lowest BCUT2D eigenvalue weighted by Crippen LogP contribution is -2.40. The maximum absolute atomic E-state index is 8.61. The molecule has 62 valence electrons. The molecule has 2 heterocycles. The molecule has 2 fully saturated rings. The summed E-state index contributed by atoms with van der Waals surface area (Å²) in [6.45, 7) is 0. The van der Waals surface area contributed by atoms with Gasteiger partial charge in [0.05, 0.1) is 5.71 Å². The van der Waals surface area contributed by atoms with Crippen LogP contribution in [0.2, 0.25) is 0 Å². The maximum Gasteiger partial charge on any atom is 0.0601 e. The van der Waals surface area contributed by atoms with Crippen LogP contribution >= 0.6 is 0 Å². The van der Waals surface area contributed by atoms with Crippen molar-refractivity contribution >= 4 is 5.71 Å². The average Bonchev–Trinajstić information content (AvgIpc) is 2.26. The molecule has 3 heteroatoms. The molecule has 0 aliphatic carbocycles. The van der Waals surface area contributed by atoms with Crippen LogP contribution < -0.4 is 0 Å². The second-order valence-electron chi connectivity index (χ2n) is 3.62. The summed E-state index contributed by atoms with van der Waals surface area (Å²) < 4.78 is 0. The maximum atomic E-state index is 8.61. The van der Waals surface area contributed by atoms with Crippen LogP contribution in [0.4, 0.5) is 0 Å². The second-order valence-corrected chi connectivity index (χ2v) is 3.62. The molecule has 0 unspecified atom stereocenters. The van der Waals surface area contributed by atoms with Crippen LogP contribution in [0.15, 0.2) is 5.16 Å². The summed E-state index contributed by atoms with van der Waals surface area (Å²) in [5, 5.41) is 11.9. The van der Waals surface area contributed by atoms with Gasteiger partial charge in [0, 0.05) is 24.9 Å². The molecule has 2 bridgehead atoms. The SMILES string of the molecule is CN1[C@@H]2CC[C@@H]1CC(=NO)C2. The quantitative estimate of drug-likeness (QED) is 0.418. The highest BCUT2D eigenvalue weighted by Crippen LogP contribution is 2.32. The van der Waals surface area contributed by atoms with Gasteiger partial charge in [-0.2, -0.15) is 0 Å². The van der Waals surface area contributed by atoms with Crippen molar-refractivity contribution in [2.45, 2.75) is 37.8 Å². The lowest BCUT2D eigenvalue weighted by Gasteiger charge is -2.31. The van der Waals surface area contributed by atoms with Crippen LogP contribution in [-0.4, -0.2) is 35.0 Å². The van der Waals surface area contributed by atoms with E-state index in [0.29, 0.717) is 12.1 Å². The highest BCUT2D eigenvalue weighted by molar-refractivity contribution is 5.86. The first-order chi connectivity index (χ1) is 5.31. The van der Waals surface area contributed by atoms with Crippen LogP contribution in [0.1, 0.15) is 25.7 Å². The fourth-order valence-corrected chi connectivity index (χ4v) is 2.29. The third kappa shape index (κ3) is 1.03. The Morgan fingerprint density at radius 1 is 1.36 bits per heavy atom. The number of hydrogen-bond donors (Lipinski definition) is 1. The van der Waals surface area contributed by atoms with Crippen molar-refractivity contribution in [1.82, 2.24) is 4.90 Å². The smallest absolute Gasteiger partial charge is 0.0601 e. The summed E-state index contributed by atoms with van der Waals surface area (Å²) in [7, 11) is 2.18. The lowest BCUT2D eigenvalue weighted by atomic mass is 10.0. The van der Waals surface area contributed by atoms with E-state index in [9.17, 15) is 0 Å². The first kappa shape index (κ1) is 7.10. The highest BCUT2D eigenvalue weighted by atomic mass is 16.4. The third-order valence-corrected chi connectivity index (χ3v) is 3.07. The van der Waals surface area contributed by atoms with Gasteiger partial charge in [-0.15, -0.1) is 0 Å². The zero-order valence-electron chi connectivity index (χ0n) is 6.82. The van der Waals surface area contributed by atoms with E-state index in [1.54, 1.807) is 0 Å². The molecule has 0 radical (unpaired) electrons. The Morgan fingerprint density at radius 2 is 1.91 bits per heavy atom. The summed E-state index contributed by atoms with van der Waals surface area (Å²) in [4.78, 5) is 2.43. The Kier molecular flexibility index (Phi) is 1.60. The fraction of sp³-hybridized carbons (Fsp3) is 0.875. The molecular formula is C8H14N2O. The molecule has 0 aromatic carbocycles. The van der Waals surface area contributed by atoms with Gasteiger partial charge in [0.15, 0.2) is 0 Å². The molecule has 2 aliphatic rings. The largest absolute Gasteiger partial charge is 0.411 e. The number of oxime groups is 1. The normalized spacial score (nSPS) is 37.7. The summed E-state index contributed by atoms with van der Waals surface area (Å²) in [6, 6.07) is 1.30. The molecule has 0 aromatic rings. The minimum atomic E-state index is 0.652. The Morgan fingerprint density at radius 3 is 2.36 bits per heavy atom. The predicted octanol–water partition coefficient (Wildman–Crippen LogP) is 1.07. The Bertz CT molecular complexity index is 175. The molecule has 2 rings (SSSR count). The molecule has 1 N–H and O–H groups in total. The summed E-state index contributed by atoms with van der Waals surface area (Å²) in [5.41, 5.74) is 0.996. The van der Waals surface area contributed by atoms with E-state index in [1.165, 1.54) is 12.8 Å². The molecule has 0 amide bonds. The molecule has 2 saturated heterocycles. The zero-order chi connectivity index (χ0) is 7.84. The lowest BCUT2D eigenvalue weighted by molar-refractivity contribution is 0.223. The zero-order valence-corrected chi connectivity index (χ0v) is 6.82. The molecule has 11 heavy (non-hydrogen) atoms. The number of fused-ring (bicyclic) bond motifs is 2. The van der Waals surface area contributed by atoms with E-state index in [-0.39, 0.29) is 0 Å². The van der Waals surface area contributed by atoms with E-state index in [0.717, 1.165) is 18.6 Å². The first-order valence-electron chi connectivity index (χ1n) is 4.23. The van der Waals surface area contributed by atoms with E-state index in [2.05, 4.69) is 17.1 Å². The second kappa shape index (κ2) is 2.48. The Labute approximate surface area is 66.7 Å². The van der Waals surface area contributed by atoms with Crippen molar-refractivity contribution in [2.24, 2.45) is 5.16 Å². The van der Waals surface area contributed by atoms with Gasteiger partial charge < -0.3 is 5.21 Å². The topological polar surface area (TPSA) is 35.8 Å². The van der Waals surface area contributed by atoms with Crippen LogP contribution in [-0.2, 0) is 0 Å². The minimum Gasteiger partial charge on any atom is -0.411 e. The van der Waals surface area contributed by atoms with Crippen LogP contribution in [0.3, 0.4) is 0 Å².